The Balaban J connectivity index is 3.17. The number of nitrogens with zero attached hydrogens (tertiary/aromatic N) is 3. The number of halogens is 11. The predicted octanol–water partition coefficient (Wildman–Crippen LogP) is 5.93. The van der Waals surface area contributed by atoms with Crippen molar-refractivity contribution in [2.75, 3.05) is 18.6 Å². The number of anilines is 2. The van der Waals surface area contributed by atoms with Crippen LogP contribution in [-0.2, 0) is 39.8 Å². The molecule has 0 saturated heterocycles. The topological polar surface area (TPSA) is 73.7 Å². The molecule has 206 valence electrons. The summed E-state index contributed by atoms with van der Waals surface area (Å²) in [6, 6.07) is -0.291. The summed E-state index contributed by atoms with van der Waals surface area (Å²) in [5.41, 5.74) is -8.62. The number of rotatable bonds is 6. The standard InChI is InChI=1S/C19H14BrClF9N3O4/c1-4-37-14(15(35)36-3)33(16-31-12(19(28,29)30)10(20)13(34)32(16)2)9-6-7(17(22,23)24)5-8(11(9)21)18(25,26)27/h5-6,14H,4H2,1-3H3. The summed E-state index contributed by atoms with van der Waals surface area (Å²) >= 11 is 8.25. The molecular formula is C19H14BrClF9N3O4. The molecular weight excluding hydrogens is 621 g/mol. The molecule has 0 amide bonds. The van der Waals surface area contributed by atoms with E-state index in [4.69, 9.17) is 16.3 Å². The molecule has 2 aromatic rings. The largest absolute Gasteiger partial charge is 0.466 e. The normalized spacial score (nSPS) is 13.5. The molecule has 18 heteroatoms. The van der Waals surface area contributed by atoms with Gasteiger partial charge in [0.05, 0.1) is 28.9 Å². The van der Waals surface area contributed by atoms with E-state index in [9.17, 15) is 49.1 Å². The summed E-state index contributed by atoms with van der Waals surface area (Å²) < 4.78 is 131. The number of benzene rings is 1. The Kier molecular flexibility index (Phi) is 8.86. The van der Waals surface area contributed by atoms with Gasteiger partial charge in [0.2, 0.25) is 12.2 Å². The zero-order chi connectivity index (χ0) is 28.7. The quantitative estimate of drug-likeness (QED) is 0.223. The first-order valence-corrected chi connectivity index (χ1v) is 10.7. The predicted molar refractivity (Wildman–Crippen MR) is 113 cm³/mol. The average molecular weight is 635 g/mol. The first-order chi connectivity index (χ1) is 16.8. The zero-order valence-electron chi connectivity index (χ0n) is 18.6. The van der Waals surface area contributed by atoms with Crippen LogP contribution in [0, 0.1) is 0 Å². The molecule has 2 rings (SSSR count). The van der Waals surface area contributed by atoms with Gasteiger partial charge in [-0.15, -0.1) is 0 Å². The third kappa shape index (κ3) is 6.31. The number of ether oxygens (including phenoxy) is 2. The van der Waals surface area contributed by atoms with E-state index in [0.717, 1.165) is 14.2 Å². The summed E-state index contributed by atoms with van der Waals surface area (Å²) in [5, 5.41) is -1.46. The molecule has 0 radical (unpaired) electrons. The van der Waals surface area contributed by atoms with Crippen LogP contribution in [0.15, 0.2) is 21.4 Å². The molecule has 0 bridgehead atoms. The van der Waals surface area contributed by atoms with Gasteiger partial charge >= 0.3 is 24.5 Å². The van der Waals surface area contributed by atoms with Crippen molar-refractivity contribution in [1.82, 2.24) is 9.55 Å². The van der Waals surface area contributed by atoms with Crippen LogP contribution in [-0.4, -0.2) is 35.5 Å². The summed E-state index contributed by atoms with van der Waals surface area (Å²) in [5.74, 6) is -2.71. The van der Waals surface area contributed by atoms with Crippen LogP contribution in [0.25, 0.3) is 0 Å². The lowest BCUT2D eigenvalue weighted by Gasteiger charge is -2.33. The van der Waals surface area contributed by atoms with E-state index in [2.05, 4.69) is 25.7 Å². The Morgan fingerprint density at radius 1 is 1.11 bits per heavy atom. The number of hydrogen-bond donors (Lipinski definition) is 0. The molecule has 0 aliphatic rings. The molecule has 0 aliphatic carbocycles. The molecule has 1 heterocycles. The lowest BCUT2D eigenvalue weighted by Crippen LogP contribution is -2.45. The monoisotopic (exact) mass is 633 g/mol. The summed E-state index contributed by atoms with van der Waals surface area (Å²) in [6.45, 7) is 0.799. The van der Waals surface area contributed by atoms with Gasteiger partial charge < -0.3 is 9.47 Å². The second-order valence-corrected chi connectivity index (χ2v) is 8.16. The number of alkyl halides is 9. The Hall–Kier alpha value is -2.53. The van der Waals surface area contributed by atoms with Gasteiger partial charge in [-0.05, 0) is 35.0 Å². The lowest BCUT2D eigenvalue weighted by atomic mass is 10.1. The van der Waals surface area contributed by atoms with Gasteiger partial charge in [-0.2, -0.15) is 39.5 Å². The zero-order valence-corrected chi connectivity index (χ0v) is 20.9. The number of hydrogen-bond acceptors (Lipinski definition) is 6. The maximum atomic E-state index is 13.6. The maximum Gasteiger partial charge on any atom is 0.434 e. The van der Waals surface area contributed by atoms with Crippen LogP contribution >= 0.6 is 27.5 Å². The molecule has 0 aliphatic heterocycles. The molecule has 0 N–H and O–H groups in total. The van der Waals surface area contributed by atoms with Crippen molar-refractivity contribution in [2.45, 2.75) is 31.7 Å². The minimum absolute atomic E-state index is 0.0357. The molecule has 1 aromatic carbocycles. The van der Waals surface area contributed by atoms with Gasteiger partial charge in [0, 0.05) is 13.7 Å². The highest BCUT2D eigenvalue weighted by Gasteiger charge is 2.44. The fourth-order valence-corrected chi connectivity index (χ4v) is 3.85. The lowest BCUT2D eigenvalue weighted by molar-refractivity contribution is -0.153. The van der Waals surface area contributed by atoms with E-state index < -0.39 is 80.8 Å². The van der Waals surface area contributed by atoms with Crippen LogP contribution < -0.4 is 10.5 Å². The molecule has 1 unspecified atom stereocenters. The van der Waals surface area contributed by atoms with Crippen molar-refractivity contribution < 1.29 is 53.8 Å². The molecule has 0 saturated carbocycles. The smallest absolute Gasteiger partial charge is 0.434 e. The van der Waals surface area contributed by atoms with Crippen molar-refractivity contribution in [3.05, 3.63) is 48.8 Å². The van der Waals surface area contributed by atoms with Gasteiger partial charge in [-0.1, -0.05) is 11.6 Å². The van der Waals surface area contributed by atoms with Gasteiger partial charge in [0.25, 0.3) is 5.56 Å². The summed E-state index contributed by atoms with van der Waals surface area (Å²) in [4.78, 5) is 28.4. The fraction of sp³-hybridized carbons (Fsp3) is 0.421. The van der Waals surface area contributed by atoms with Crippen molar-refractivity contribution in [3.63, 3.8) is 0 Å². The average Bonchev–Trinajstić information content (AvgIpc) is 2.76. The number of esters is 1. The van der Waals surface area contributed by atoms with Gasteiger partial charge in [-0.25, -0.2) is 9.78 Å². The van der Waals surface area contributed by atoms with E-state index in [-0.39, 0.29) is 17.0 Å². The van der Waals surface area contributed by atoms with Crippen molar-refractivity contribution in [3.8, 4) is 0 Å². The van der Waals surface area contributed by atoms with E-state index in [1.54, 1.807) is 0 Å². The minimum atomic E-state index is -5.48. The molecule has 37 heavy (non-hydrogen) atoms. The van der Waals surface area contributed by atoms with Crippen molar-refractivity contribution >= 4 is 45.1 Å². The molecule has 1 aromatic heterocycles. The highest BCUT2D eigenvalue weighted by Crippen LogP contribution is 2.46. The van der Waals surface area contributed by atoms with Crippen LogP contribution in [0.3, 0.4) is 0 Å². The highest BCUT2D eigenvalue weighted by atomic mass is 79.9. The Bertz CT molecular complexity index is 1250. The molecule has 7 nitrogen and oxygen atoms in total. The van der Waals surface area contributed by atoms with Crippen LogP contribution in [0.2, 0.25) is 5.02 Å². The number of methoxy groups -OCH3 is 1. The molecule has 0 spiro atoms. The van der Waals surface area contributed by atoms with E-state index in [1.165, 1.54) is 6.92 Å². The minimum Gasteiger partial charge on any atom is -0.466 e. The fourth-order valence-electron chi connectivity index (χ4n) is 2.97. The molecule has 1 atom stereocenters. The first kappa shape index (κ1) is 30.7. The Morgan fingerprint density at radius 3 is 2.11 bits per heavy atom. The molecule has 0 fully saturated rings. The summed E-state index contributed by atoms with van der Waals surface area (Å²) in [6.07, 6.45) is -18.6. The highest BCUT2D eigenvalue weighted by molar-refractivity contribution is 9.10. The third-order valence-corrected chi connectivity index (χ3v) is 5.72. The van der Waals surface area contributed by atoms with E-state index in [1.807, 2.05) is 0 Å². The second kappa shape index (κ2) is 10.7. The Labute approximate surface area is 214 Å². The summed E-state index contributed by atoms with van der Waals surface area (Å²) in [7, 11) is 1.56. The first-order valence-electron chi connectivity index (χ1n) is 9.57. The maximum absolute atomic E-state index is 13.6. The SMILES string of the molecule is CCOC(C(=O)OC)N(c1cc(C(F)(F)F)cc(C(F)(F)F)c1Cl)c1nc(C(F)(F)F)c(Br)c(=O)n1C. The van der Waals surface area contributed by atoms with Gasteiger partial charge in [-0.3, -0.25) is 14.3 Å². The Morgan fingerprint density at radius 2 is 1.68 bits per heavy atom. The number of carbonyl (C=O) groups excluding carboxylic acids is 1. The second-order valence-electron chi connectivity index (χ2n) is 6.99. The van der Waals surface area contributed by atoms with Crippen molar-refractivity contribution in [1.29, 1.82) is 0 Å². The van der Waals surface area contributed by atoms with Crippen LogP contribution in [0.5, 0.6) is 0 Å². The van der Waals surface area contributed by atoms with Crippen LogP contribution in [0.1, 0.15) is 23.7 Å². The number of aromatic nitrogens is 2. The van der Waals surface area contributed by atoms with Crippen LogP contribution in [0.4, 0.5) is 51.1 Å². The van der Waals surface area contributed by atoms with Gasteiger partial charge in [0.15, 0.2) is 5.69 Å². The number of carbonyl (C=O) groups is 1. The van der Waals surface area contributed by atoms with E-state index >= 15 is 0 Å². The van der Waals surface area contributed by atoms with E-state index in [0.29, 0.717) is 4.57 Å². The van der Waals surface area contributed by atoms with Crippen molar-refractivity contribution in [2.24, 2.45) is 7.05 Å². The third-order valence-electron chi connectivity index (χ3n) is 4.60. The van der Waals surface area contributed by atoms with Gasteiger partial charge in [0.1, 0.15) is 4.47 Å².